The average molecular weight is 442 g/mol. The first-order valence-electron chi connectivity index (χ1n) is 10.4. The van der Waals surface area contributed by atoms with Crippen LogP contribution in [-0.4, -0.2) is 58.8 Å². The Morgan fingerprint density at radius 2 is 1.81 bits per heavy atom. The molecular formula is C20H25F3N4O4. The topological polar surface area (TPSA) is 95.8 Å². The van der Waals surface area contributed by atoms with Crippen molar-refractivity contribution in [1.29, 1.82) is 0 Å². The van der Waals surface area contributed by atoms with Gasteiger partial charge in [-0.05, 0) is 44.2 Å². The number of benzene rings is 1. The number of halogens is 3. The number of nitro benzene ring substituents is 1. The Labute approximate surface area is 177 Å². The van der Waals surface area contributed by atoms with Crippen LogP contribution in [0.4, 0.5) is 24.5 Å². The number of nitrogens with zero attached hydrogens (tertiary/aromatic N) is 3. The van der Waals surface area contributed by atoms with Crippen LogP contribution in [0.1, 0.15) is 44.1 Å². The van der Waals surface area contributed by atoms with Gasteiger partial charge in [-0.2, -0.15) is 13.2 Å². The lowest BCUT2D eigenvalue weighted by Crippen LogP contribution is -2.52. The van der Waals surface area contributed by atoms with Crippen LogP contribution in [-0.2, 0) is 15.8 Å². The molecule has 2 aliphatic rings. The lowest BCUT2D eigenvalue weighted by molar-refractivity contribution is -0.384. The Kier molecular flexibility index (Phi) is 7.01. The number of rotatable bonds is 6. The summed E-state index contributed by atoms with van der Waals surface area (Å²) in [5, 5.41) is 13.9. The molecule has 0 saturated carbocycles. The highest BCUT2D eigenvalue weighted by Gasteiger charge is 2.35. The third kappa shape index (κ3) is 5.45. The minimum atomic E-state index is -4.69. The first kappa shape index (κ1) is 22.8. The van der Waals surface area contributed by atoms with E-state index in [2.05, 4.69) is 5.32 Å². The van der Waals surface area contributed by atoms with Gasteiger partial charge in [-0.1, -0.05) is 0 Å². The number of hydrogen-bond acceptors (Lipinski definition) is 5. The van der Waals surface area contributed by atoms with Gasteiger partial charge in [0, 0.05) is 38.7 Å². The summed E-state index contributed by atoms with van der Waals surface area (Å²) < 4.78 is 38.4. The highest BCUT2D eigenvalue weighted by Crippen LogP contribution is 2.35. The summed E-state index contributed by atoms with van der Waals surface area (Å²) in [7, 11) is 0. The van der Waals surface area contributed by atoms with Crippen molar-refractivity contribution in [1.82, 2.24) is 9.80 Å². The largest absolute Gasteiger partial charge is 0.416 e. The van der Waals surface area contributed by atoms with Gasteiger partial charge in [0.1, 0.15) is 11.7 Å². The maximum absolute atomic E-state index is 12.8. The van der Waals surface area contributed by atoms with Crippen molar-refractivity contribution in [2.75, 3.05) is 31.5 Å². The quantitative estimate of drug-likeness (QED) is 0.538. The lowest BCUT2D eigenvalue weighted by atomic mass is 10.0. The van der Waals surface area contributed by atoms with Crippen LogP contribution in [0.15, 0.2) is 18.2 Å². The van der Waals surface area contributed by atoms with Gasteiger partial charge < -0.3 is 15.1 Å². The number of hydrogen-bond donors (Lipinski definition) is 1. The van der Waals surface area contributed by atoms with Crippen LogP contribution in [0.2, 0.25) is 0 Å². The molecule has 170 valence electrons. The third-order valence-corrected chi connectivity index (χ3v) is 5.70. The maximum atomic E-state index is 12.8. The molecule has 2 saturated heterocycles. The first-order valence-corrected chi connectivity index (χ1v) is 10.4. The van der Waals surface area contributed by atoms with Crippen LogP contribution >= 0.6 is 0 Å². The fraction of sp³-hybridized carbons (Fsp3) is 0.600. The third-order valence-electron chi connectivity index (χ3n) is 5.70. The summed E-state index contributed by atoms with van der Waals surface area (Å²) >= 11 is 0. The van der Waals surface area contributed by atoms with Gasteiger partial charge in [-0.15, -0.1) is 0 Å². The predicted octanol–water partition coefficient (Wildman–Crippen LogP) is 3.42. The fourth-order valence-electron chi connectivity index (χ4n) is 4.09. The summed E-state index contributed by atoms with van der Waals surface area (Å²) in [5.41, 5.74) is -1.91. The molecular weight excluding hydrogens is 417 g/mol. The molecule has 2 amide bonds. The van der Waals surface area contributed by atoms with E-state index in [1.165, 1.54) is 0 Å². The summed E-state index contributed by atoms with van der Waals surface area (Å²) in [6, 6.07) is 1.73. The highest BCUT2D eigenvalue weighted by molar-refractivity contribution is 5.88. The molecule has 31 heavy (non-hydrogen) atoms. The van der Waals surface area contributed by atoms with E-state index in [4.69, 9.17) is 0 Å². The second-order valence-electron chi connectivity index (χ2n) is 7.79. The number of piperidine rings is 1. The number of anilines is 1. The molecule has 1 N–H and O–H groups in total. The smallest absolute Gasteiger partial charge is 0.379 e. The van der Waals surface area contributed by atoms with Gasteiger partial charge >= 0.3 is 6.18 Å². The van der Waals surface area contributed by atoms with Crippen LogP contribution in [0.3, 0.4) is 0 Å². The van der Waals surface area contributed by atoms with Crippen LogP contribution in [0, 0.1) is 10.1 Å². The maximum Gasteiger partial charge on any atom is 0.416 e. The molecule has 1 atom stereocenters. The predicted molar refractivity (Wildman–Crippen MR) is 106 cm³/mol. The van der Waals surface area contributed by atoms with Gasteiger partial charge in [-0.3, -0.25) is 19.7 Å². The fourth-order valence-corrected chi connectivity index (χ4v) is 4.09. The summed E-state index contributed by atoms with van der Waals surface area (Å²) in [6.45, 7) is 1.89. The van der Waals surface area contributed by atoms with Crippen molar-refractivity contribution in [3.05, 3.63) is 33.9 Å². The van der Waals surface area contributed by atoms with Gasteiger partial charge in [0.05, 0.1) is 10.5 Å². The molecule has 0 aliphatic carbocycles. The van der Waals surface area contributed by atoms with Gasteiger partial charge in [0.15, 0.2) is 0 Å². The number of nitro groups is 1. The van der Waals surface area contributed by atoms with Crippen LogP contribution < -0.4 is 5.32 Å². The normalized spacial score (nSPS) is 19.4. The summed E-state index contributed by atoms with van der Waals surface area (Å²) in [4.78, 5) is 39.2. The molecule has 0 spiro atoms. The van der Waals surface area contributed by atoms with Crippen molar-refractivity contribution in [3.8, 4) is 0 Å². The van der Waals surface area contributed by atoms with E-state index in [9.17, 15) is 32.9 Å². The Hall–Kier alpha value is -2.85. The second-order valence-corrected chi connectivity index (χ2v) is 7.79. The van der Waals surface area contributed by atoms with Crippen LogP contribution in [0.25, 0.3) is 0 Å². The second kappa shape index (κ2) is 9.52. The molecule has 2 aliphatic heterocycles. The van der Waals surface area contributed by atoms with Gasteiger partial charge in [-0.25, -0.2) is 0 Å². The molecule has 0 radical (unpaired) electrons. The van der Waals surface area contributed by atoms with E-state index in [1.54, 1.807) is 9.80 Å². The zero-order chi connectivity index (χ0) is 22.6. The SMILES string of the molecule is O=C(C1CCCCN1C(=O)CCNc1ccc(C(F)(F)F)cc1[N+](=O)[O-])N1CCCC1. The van der Waals surface area contributed by atoms with Crippen molar-refractivity contribution in [2.45, 2.75) is 50.7 Å². The molecule has 1 aromatic carbocycles. The monoisotopic (exact) mass is 442 g/mol. The molecule has 8 nitrogen and oxygen atoms in total. The van der Waals surface area contributed by atoms with E-state index in [0.717, 1.165) is 37.8 Å². The average Bonchev–Trinajstić information content (AvgIpc) is 3.27. The first-order chi connectivity index (χ1) is 14.7. The highest BCUT2D eigenvalue weighted by atomic mass is 19.4. The molecule has 3 rings (SSSR count). The summed E-state index contributed by atoms with van der Waals surface area (Å²) in [6.07, 6.45) is -0.521. The van der Waals surface area contributed by atoms with Crippen LogP contribution in [0.5, 0.6) is 0 Å². The number of carbonyl (C=O) groups is 2. The molecule has 1 aromatic rings. The van der Waals surface area contributed by atoms with E-state index in [1.807, 2.05) is 0 Å². The molecule has 11 heteroatoms. The van der Waals surface area contributed by atoms with Crippen molar-refractivity contribution in [2.24, 2.45) is 0 Å². The number of carbonyl (C=O) groups excluding carboxylic acids is 2. The van der Waals surface area contributed by atoms with E-state index < -0.39 is 28.4 Å². The number of nitrogens with one attached hydrogen (secondary N) is 1. The number of likely N-dealkylation sites (tertiary alicyclic amines) is 2. The van der Waals surface area contributed by atoms with Gasteiger partial charge in [0.25, 0.3) is 5.69 Å². The standard InChI is InChI=1S/C20H25F3N4O4/c21-20(22,23)14-6-7-15(17(13-14)27(30)31)24-9-8-18(28)26-12-2-1-5-16(26)19(29)25-10-3-4-11-25/h6-7,13,16,24H,1-5,8-12H2. The molecule has 2 heterocycles. The van der Waals surface area contributed by atoms with Gasteiger partial charge in [0.2, 0.25) is 11.8 Å². The molecule has 0 bridgehead atoms. The van der Waals surface area contributed by atoms with E-state index >= 15 is 0 Å². The Balaban J connectivity index is 1.62. The summed E-state index contributed by atoms with van der Waals surface area (Å²) in [5.74, 6) is -0.281. The minimum Gasteiger partial charge on any atom is -0.379 e. The molecule has 1 unspecified atom stereocenters. The number of amides is 2. The minimum absolute atomic E-state index is 0.00611. The molecule has 0 aromatic heterocycles. The Morgan fingerprint density at radius 3 is 2.45 bits per heavy atom. The zero-order valence-corrected chi connectivity index (χ0v) is 17.0. The molecule has 2 fully saturated rings. The van der Waals surface area contributed by atoms with Crippen molar-refractivity contribution < 1.29 is 27.7 Å². The van der Waals surface area contributed by atoms with E-state index in [0.29, 0.717) is 32.1 Å². The zero-order valence-electron chi connectivity index (χ0n) is 17.0. The lowest BCUT2D eigenvalue weighted by Gasteiger charge is -2.37. The Morgan fingerprint density at radius 1 is 1.13 bits per heavy atom. The van der Waals surface area contributed by atoms with Crippen molar-refractivity contribution >= 4 is 23.2 Å². The van der Waals surface area contributed by atoms with Crippen molar-refractivity contribution in [3.63, 3.8) is 0 Å². The van der Waals surface area contributed by atoms with E-state index in [-0.39, 0.29) is 30.5 Å². The Bertz CT molecular complexity index is 840. The number of alkyl halides is 3.